The molecule has 0 saturated heterocycles. The number of anilines is 2. The number of methoxy groups -OCH3 is 1. The molecule has 0 aliphatic heterocycles. The lowest BCUT2D eigenvalue weighted by Gasteiger charge is -2.13. The molecule has 24 heavy (non-hydrogen) atoms. The van der Waals surface area contributed by atoms with Crippen molar-refractivity contribution < 1.29 is 13.2 Å². The van der Waals surface area contributed by atoms with Crippen molar-refractivity contribution in [2.45, 2.75) is 38.1 Å². The summed E-state index contributed by atoms with van der Waals surface area (Å²) in [6.45, 7) is 5.94. The highest BCUT2D eigenvalue weighted by Crippen LogP contribution is 2.23. The van der Waals surface area contributed by atoms with E-state index in [4.69, 9.17) is 4.74 Å². The fraction of sp³-hybridized carbons (Fsp3) is 0.353. The highest BCUT2D eigenvalue weighted by molar-refractivity contribution is 7.92. The van der Waals surface area contributed by atoms with E-state index in [9.17, 15) is 8.42 Å². The monoisotopic (exact) mass is 349 g/mol. The van der Waals surface area contributed by atoms with Crippen LogP contribution in [0.1, 0.15) is 25.8 Å². The zero-order valence-corrected chi connectivity index (χ0v) is 15.1. The SMILES string of the molecule is CCC(C)Nc1ccc(NS(=O)(=O)c2ccc(OC)c(C)c2)cn1. The Hall–Kier alpha value is -2.28. The highest BCUT2D eigenvalue weighted by Gasteiger charge is 2.16. The van der Waals surface area contributed by atoms with Crippen LogP contribution in [0.2, 0.25) is 0 Å². The quantitative estimate of drug-likeness (QED) is 0.801. The molecule has 1 aromatic heterocycles. The summed E-state index contributed by atoms with van der Waals surface area (Å²) >= 11 is 0. The van der Waals surface area contributed by atoms with E-state index in [-0.39, 0.29) is 4.90 Å². The molecule has 7 heteroatoms. The van der Waals surface area contributed by atoms with Gasteiger partial charge in [0.25, 0.3) is 10.0 Å². The largest absolute Gasteiger partial charge is 0.496 e. The first-order valence-corrected chi connectivity index (χ1v) is 9.24. The number of aromatic nitrogens is 1. The predicted molar refractivity (Wildman–Crippen MR) is 96.2 cm³/mol. The zero-order chi connectivity index (χ0) is 17.7. The van der Waals surface area contributed by atoms with Crippen LogP contribution < -0.4 is 14.8 Å². The molecule has 0 radical (unpaired) electrons. The molecule has 0 aliphatic carbocycles. The molecule has 2 N–H and O–H groups in total. The summed E-state index contributed by atoms with van der Waals surface area (Å²) in [5, 5.41) is 3.23. The number of hydrogen-bond acceptors (Lipinski definition) is 5. The Kier molecular flexibility index (Phi) is 5.66. The number of benzene rings is 1. The average molecular weight is 349 g/mol. The Bertz CT molecular complexity index is 789. The van der Waals surface area contributed by atoms with Crippen LogP contribution in [0.4, 0.5) is 11.5 Å². The molecule has 0 spiro atoms. The van der Waals surface area contributed by atoms with Crippen molar-refractivity contribution in [1.29, 1.82) is 0 Å². The second-order valence-electron chi connectivity index (χ2n) is 5.62. The summed E-state index contributed by atoms with van der Waals surface area (Å²) in [4.78, 5) is 4.41. The van der Waals surface area contributed by atoms with Crippen LogP contribution in [0.5, 0.6) is 5.75 Å². The number of pyridine rings is 1. The number of sulfonamides is 1. The minimum absolute atomic E-state index is 0.183. The third kappa shape index (κ3) is 4.38. The molecule has 1 heterocycles. The average Bonchev–Trinajstić information content (AvgIpc) is 2.56. The smallest absolute Gasteiger partial charge is 0.261 e. The first-order valence-electron chi connectivity index (χ1n) is 7.75. The lowest BCUT2D eigenvalue weighted by Crippen LogP contribution is -2.15. The summed E-state index contributed by atoms with van der Waals surface area (Å²) in [5.74, 6) is 1.36. The minimum Gasteiger partial charge on any atom is -0.496 e. The Morgan fingerprint density at radius 2 is 2.00 bits per heavy atom. The molecular formula is C17H23N3O3S. The van der Waals surface area contributed by atoms with E-state index < -0.39 is 10.0 Å². The number of nitrogens with zero attached hydrogens (tertiary/aromatic N) is 1. The first kappa shape index (κ1) is 18.1. The zero-order valence-electron chi connectivity index (χ0n) is 14.3. The van der Waals surface area contributed by atoms with E-state index in [1.54, 1.807) is 38.3 Å². The minimum atomic E-state index is -3.67. The molecule has 0 fully saturated rings. The molecule has 0 saturated carbocycles. The van der Waals surface area contributed by atoms with Gasteiger partial charge >= 0.3 is 0 Å². The molecule has 0 amide bonds. The van der Waals surface area contributed by atoms with Gasteiger partial charge in [0.2, 0.25) is 0 Å². The highest BCUT2D eigenvalue weighted by atomic mass is 32.2. The van der Waals surface area contributed by atoms with Crippen molar-refractivity contribution in [1.82, 2.24) is 4.98 Å². The van der Waals surface area contributed by atoms with Crippen LogP contribution in [0.25, 0.3) is 0 Å². The van der Waals surface area contributed by atoms with Crippen LogP contribution in [-0.2, 0) is 10.0 Å². The van der Waals surface area contributed by atoms with Gasteiger partial charge in [-0.25, -0.2) is 13.4 Å². The fourth-order valence-corrected chi connectivity index (χ4v) is 3.25. The molecule has 0 aliphatic rings. The molecular weight excluding hydrogens is 326 g/mol. The predicted octanol–water partition coefficient (Wildman–Crippen LogP) is 3.41. The molecule has 1 aromatic carbocycles. The van der Waals surface area contributed by atoms with Gasteiger partial charge in [0.1, 0.15) is 11.6 Å². The van der Waals surface area contributed by atoms with Crippen LogP contribution >= 0.6 is 0 Å². The van der Waals surface area contributed by atoms with Gasteiger partial charge in [-0.3, -0.25) is 4.72 Å². The van der Waals surface area contributed by atoms with E-state index in [1.165, 1.54) is 12.3 Å². The molecule has 2 aromatic rings. The number of ether oxygens (including phenoxy) is 1. The Morgan fingerprint density at radius 3 is 2.54 bits per heavy atom. The lowest BCUT2D eigenvalue weighted by atomic mass is 10.2. The first-order chi connectivity index (χ1) is 11.4. The molecule has 130 valence electrons. The Balaban J connectivity index is 2.15. The van der Waals surface area contributed by atoms with Crippen molar-refractivity contribution in [2.75, 3.05) is 17.1 Å². The van der Waals surface area contributed by atoms with Gasteiger partial charge in [-0.05, 0) is 56.2 Å². The van der Waals surface area contributed by atoms with Crippen LogP contribution in [-0.4, -0.2) is 26.6 Å². The van der Waals surface area contributed by atoms with Gasteiger partial charge in [-0.1, -0.05) is 6.92 Å². The van der Waals surface area contributed by atoms with Crippen molar-refractivity contribution in [2.24, 2.45) is 0 Å². The van der Waals surface area contributed by atoms with Crippen molar-refractivity contribution in [3.63, 3.8) is 0 Å². The molecule has 1 atom stereocenters. The van der Waals surface area contributed by atoms with E-state index in [0.29, 0.717) is 23.3 Å². The van der Waals surface area contributed by atoms with E-state index >= 15 is 0 Å². The van der Waals surface area contributed by atoms with Crippen molar-refractivity contribution in [3.8, 4) is 5.75 Å². The molecule has 2 rings (SSSR count). The Labute approximate surface area is 143 Å². The second-order valence-corrected chi connectivity index (χ2v) is 7.31. The van der Waals surface area contributed by atoms with Gasteiger partial charge < -0.3 is 10.1 Å². The maximum absolute atomic E-state index is 12.5. The standard InChI is InChI=1S/C17H23N3O3S/c1-5-13(3)19-17-9-6-14(11-18-17)20-24(21,22)15-7-8-16(23-4)12(2)10-15/h6-11,13,20H,5H2,1-4H3,(H,18,19). The Morgan fingerprint density at radius 1 is 1.25 bits per heavy atom. The summed E-state index contributed by atoms with van der Waals surface area (Å²) in [5.41, 5.74) is 1.17. The van der Waals surface area contributed by atoms with Gasteiger partial charge in [0, 0.05) is 6.04 Å². The number of aryl methyl sites for hydroxylation is 1. The lowest BCUT2D eigenvalue weighted by molar-refractivity contribution is 0.411. The maximum Gasteiger partial charge on any atom is 0.261 e. The fourth-order valence-electron chi connectivity index (χ4n) is 2.13. The van der Waals surface area contributed by atoms with Crippen LogP contribution in [0.3, 0.4) is 0 Å². The number of rotatable bonds is 7. The summed E-state index contributed by atoms with van der Waals surface area (Å²) in [7, 11) is -2.12. The topological polar surface area (TPSA) is 80.3 Å². The van der Waals surface area contributed by atoms with Gasteiger partial charge in [-0.15, -0.1) is 0 Å². The molecule has 1 unspecified atom stereocenters. The number of nitrogens with one attached hydrogen (secondary N) is 2. The van der Waals surface area contributed by atoms with E-state index in [2.05, 4.69) is 28.9 Å². The third-order valence-corrected chi connectivity index (χ3v) is 5.08. The van der Waals surface area contributed by atoms with Crippen molar-refractivity contribution in [3.05, 3.63) is 42.1 Å². The summed E-state index contributed by atoms with van der Waals surface area (Å²) in [6, 6.07) is 8.48. The van der Waals surface area contributed by atoms with Gasteiger partial charge in [-0.2, -0.15) is 0 Å². The van der Waals surface area contributed by atoms with Crippen LogP contribution in [0.15, 0.2) is 41.4 Å². The second kappa shape index (κ2) is 7.53. The van der Waals surface area contributed by atoms with Gasteiger partial charge in [0.15, 0.2) is 0 Å². The molecule has 6 nitrogen and oxygen atoms in total. The molecule has 0 bridgehead atoms. The summed E-state index contributed by atoms with van der Waals surface area (Å²) < 4.78 is 32.6. The van der Waals surface area contributed by atoms with Gasteiger partial charge in [0.05, 0.1) is 23.9 Å². The van der Waals surface area contributed by atoms with E-state index in [0.717, 1.165) is 12.0 Å². The maximum atomic E-state index is 12.5. The van der Waals surface area contributed by atoms with Crippen LogP contribution in [0, 0.1) is 6.92 Å². The van der Waals surface area contributed by atoms with E-state index in [1.807, 2.05) is 0 Å². The third-order valence-electron chi connectivity index (χ3n) is 3.70. The summed E-state index contributed by atoms with van der Waals surface area (Å²) in [6.07, 6.45) is 2.48. The normalized spacial score (nSPS) is 12.5. The number of hydrogen-bond donors (Lipinski definition) is 2. The van der Waals surface area contributed by atoms with Crippen molar-refractivity contribution >= 4 is 21.5 Å².